The molecule has 5 rings (SSSR count). The molecule has 1 fully saturated rings. The van der Waals surface area contributed by atoms with Gasteiger partial charge in [-0.25, -0.2) is 4.98 Å². The van der Waals surface area contributed by atoms with Gasteiger partial charge in [0.25, 0.3) is 5.56 Å². The molecule has 0 saturated carbocycles. The summed E-state index contributed by atoms with van der Waals surface area (Å²) >= 11 is 5.96. The molecular formula is C27H34ClN7O2. The lowest BCUT2D eigenvalue weighted by Crippen LogP contribution is -2.34. The predicted molar refractivity (Wildman–Crippen MR) is 148 cm³/mol. The first-order valence-corrected chi connectivity index (χ1v) is 13.2. The van der Waals surface area contributed by atoms with Crippen LogP contribution in [0.25, 0.3) is 22.4 Å². The lowest BCUT2D eigenvalue weighted by molar-refractivity contribution is 0.157. The van der Waals surface area contributed by atoms with E-state index in [1.54, 1.807) is 30.4 Å². The van der Waals surface area contributed by atoms with Crippen LogP contribution < -0.4 is 10.9 Å². The van der Waals surface area contributed by atoms with Crippen LogP contribution in [0.3, 0.4) is 0 Å². The molecule has 1 aromatic carbocycles. The Hall–Kier alpha value is -3.14. The van der Waals surface area contributed by atoms with E-state index in [0.717, 1.165) is 67.8 Å². The zero-order valence-electron chi connectivity index (χ0n) is 21.4. The summed E-state index contributed by atoms with van der Waals surface area (Å²) in [7, 11) is 1.76. The minimum atomic E-state index is -0.190. The van der Waals surface area contributed by atoms with Crippen molar-refractivity contribution >= 4 is 28.3 Å². The maximum Gasteiger partial charge on any atom is 0.261 e. The fourth-order valence-electron chi connectivity index (χ4n) is 5.22. The van der Waals surface area contributed by atoms with E-state index in [9.17, 15) is 4.79 Å². The second-order valence-corrected chi connectivity index (χ2v) is 10.2. The van der Waals surface area contributed by atoms with Crippen molar-refractivity contribution in [1.29, 1.82) is 0 Å². The average molecular weight is 524 g/mol. The SMILES string of the molecule is COCCCN1CCC(c2cc(C)c3nc(-c4c(NCCn5cc(Cl)cn5)cc[nH]c4=O)[nH]c3c2)CC1. The van der Waals surface area contributed by atoms with Gasteiger partial charge in [0, 0.05) is 39.2 Å². The molecule has 0 spiro atoms. The Bertz CT molecular complexity index is 1400. The van der Waals surface area contributed by atoms with E-state index in [2.05, 4.69) is 44.3 Å². The predicted octanol–water partition coefficient (Wildman–Crippen LogP) is 4.40. The van der Waals surface area contributed by atoms with Crippen LogP contribution >= 0.6 is 11.6 Å². The smallest absolute Gasteiger partial charge is 0.261 e. The molecule has 0 aliphatic carbocycles. The number of nitrogens with one attached hydrogen (secondary N) is 3. The number of aryl methyl sites for hydroxylation is 1. The summed E-state index contributed by atoms with van der Waals surface area (Å²) in [6.07, 6.45) is 8.40. The van der Waals surface area contributed by atoms with E-state index >= 15 is 0 Å². The second-order valence-electron chi connectivity index (χ2n) is 9.73. The van der Waals surface area contributed by atoms with E-state index in [4.69, 9.17) is 21.3 Å². The van der Waals surface area contributed by atoms with Crippen molar-refractivity contribution in [2.75, 3.05) is 45.2 Å². The van der Waals surface area contributed by atoms with E-state index in [0.29, 0.717) is 35.4 Å². The van der Waals surface area contributed by atoms with Gasteiger partial charge >= 0.3 is 0 Å². The van der Waals surface area contributed by atoms with Crippen molar-refractivity contribution < 1.29 is 4.74 Å². The number of benzene rings is 1. The molecule has 1 aliphatic rings. The van der Waals surface area contributed by atoms with Gasteiger partial charge in [-0.15, -0.1) is 0 Å². The van der Waals surface area contributed by atoms with E-state index in [1.165, 1.54) is 5.56 Å². The fourth-order valence-corrected chi connectivity index (χ4v) is 5.38. The van der Waals surface area contributed by atoms with Crippen LogP contribution in [0, 0.1) is 6.92 Å². The van der Waals surface area contributed by atoms with Crippen LogP contribution in [0.15, 0.2) is 41.6 Å². The summed E-state index contributed by atoms with van der Waals surface area (Å²) in [5, 5.41) is 8.16. The number of fused-ring (bicyclic) bond motifs is 1. The Morgan fingerprint density at radius 3 is 2.84 bits per heavy atom. The highest BCUT2D eigenvalue weighted by molar-refractivity contribution is 6.30. The Kier molecular flexibility index (Phi) is 7.93. The van der Waals surface area contributed by atoms with Gasteiger partial charge < -0.3 is 24.9 Å². The Labute approximate surface area is 221 Å². The molecule has 9 nitrogen and oxygen atoms in total. The van der Waals surface area contributed by atoms with Crippen LogP contribution in [0.2, 0.25) is 5.02 Å². The highest BCUT2D eigenvalue weighted by atomic mass is 35.5. The highest BCUT2D eigenvalue weighted by Gasteiger charge is 2.22. The van der Waals surface area contributed by atoms with Crippen molar-refractivity contribution in [3.63, 3.8) is 0 Å². The number of ether oxygens (including phenoxy) is 1. The van der Waals surface area contributed by atoms with Crippen molar-refractivity contribution in [3.05, 3.63) is 63.3 Å². The number of anilines is 1. The van der Waals surface area contributed by atoms with Gasteiger partial charge in [0.15, 0.2) is 0 Å². The summed E-state index contributed by atoms with van der Waals surface area (Å²) in [6.45, 7) is 7.44. The number of nitrogens with zero attached hydrogens (tertiary/aromatic N) is 4. The van der Waals surface area contributed by atoms with Crippen LogP contribution in [0.5, 0.6) is 0 Å². The van der Waals surface area contributed by atoms with Crippen LogP contribution in [0.1, 0.15) is 36.3 Å². The van der Waals surface area contributed by atoms with Gasteiger partial charge in [-0.2, -0.15) is 5.10 Å². The van der Waals surface area contributed by atoms with Crippen LogP contribution in [-0.4, -0.2) is 69.5 Å². The lowest BCUT2D eigenvalue weighted by atomic mass is 9.88. The number of aromatic nitrogens is 5. The number of rotatable bonds is 10. The topological polar surface area (TPSA) is 104 Å². The zero-order chi connectivity index (χ0) is 25.8. The number of halogens is 1. The Balaban J connectivity index is 1.33. The van der Waals surface area contributed by atoms with Gasteiger partial charge in [0.1, 0.15) is 11.4 Å². The molecule has 10 heteroatoms. The molecular weight excluding hydrogens is 490 g/mol. The number of hydrogen-bond donors (Lipinski definition) is 3. The molecule has 37 heavy (non-hydrogen) atoms. The van der Waals surface area contributed by atoms with Crippen LogP contribution in [0.4, 0.5) is 5.69 Å². The monoisotopic (exact) mass is 523 g/mol. The molecule has 0 radical (unpaired) electrons. The first-order chi connectivity index (χ1) is 18.0. The maximum absolute atomic E-state index is 12.9. The van der Waals surface area contributed by atoms with Crippen molar-refractivity contribution in [1.82, 2.24) is 29.6 Å². The number of hydrogen-bond acceptors (Lipinski definition) is 6. The third-order valence-corrected chi connectivity index (χ3v) is 7.33. The van der Waals surface area contributed by atoms with Crippen molar-refractivity contribution in [2.24, 2.45) is 0 Å². The van der Waals surface area contributed by atoms with Gasteiger partial charge in [0.05, 0.1) is 34.5 Å². The minimum Gasteiger partial charge on any atom is -0.385 e. The molecule has 3 N–H and O–H groups in total. The van der Waals surface area contributed by atoms with Gasteiger partial charge in [-0.05, 0) is 68.5 Å². The van der Waals surface area contributed by atoms with Crippen molar-refractivity contribution in [2.45, 2.75) is 38.6 Å². The molecule has 196 valence electrons. The van der Waals surface area contributed by atoms with Gasteiger partial charge in [-0.1, -0.05) is 17.7 Å². The fraction of sp³-hybridized carbons (Fsp3) is 0.444. The number of aromatic amines is 2. The summed E-state index contributed by atoms with van der Waals surface area (Å²) in [5.41, 5.74) is 5.36. The van der Waals surface area contributed by atoms with Crippen molar-refractivity contribution in [3.8, 4) is 11.4 Å². The Morgan fingerprint density at radius 1 is 1.24 bits per heavy atom. The number of pyridine rings is 1. The third kappa shape index (κ3) is 5.89. The number of likely N-dealkylation sites (tertiary alicyclic amines) is 1. The highest BCUT2D eigenvalue weighted by Crippen LogP contribution is 2.33. The van der Waals surface area contributed by atoms with Crippen LogP contribution in [-0.2, 0) is 11.3 Å². The summed E-state index contributed by atoms with van der Waals surface area (Å²) in [4.78, 5) is 26.5. The molecule has 0 unspecified atom stereocenters. The summed E-state index contributed by atoms with van der Waals surface area (Å²) < 4.78 is 6.96. The van der Waals surface area contributed by atoms with E-state index < -0.39 is 0 Å². The molecule has 0 amide bonds. The normalized spacial score (nSPS) is 15.0. The first kappa shape index (κ1) is 25.5. The number of imidazole rings is 1. The van der Waals surface area contributed by atoms with Gasteiger partial charge in [0.2, 0.25) is 0 Å². The average Bonchev–Trinajstić information content (AvgIpc) is 3.51. The second kappa shape index (κ2) is 11.5. The minimum absolute atomic E-state index is 0.190. The van der Waals surface area contributed by atoms with Gasteiger partial charge in [-0.3, -0.25) is 9.48 Å². The summed E-state index contributed by atoms with van der Waals surface area (Å²) in [5.74, 6) is 1.09. The Morgan fingerprint density at radius 2 is 2.08 bits per heavy atom. The first-order valence-electron chi connectivity index (χ1n) is 12.9. The molecule has 4 aromatic rings. The molecule has 3 aromatic heterocycles. The number of H-pyrrole nitrogens is 2. The maximum atomic E-state index is 12.9. The summed E-state index contributed by atoms with van der Waals surface area (Å²) in [6, 6.07) is 6.34. The standard InChI is InChI=1S/C27H34ClN7O2/c1-18-14-20(19-5-10-34(11-6-19)9-3-13-37-2)15-23-25(18)33-26(32-23)24-22(4-7-30-27(24)36)29-8-12-35-17-21(28)16-31-35/h4,7,14-17,19H,3,5-6,8-13H2,1-2H3,(H,32,33)(H2,29,30,36). The molecule has 1 aliphatic heterocycles. The van der Waals surface area contributed by atoms with E-state index in [1.807, 2.05) is 6.07 Å². The number of methoxy groups -OCH3 is 1. The third-order valence-electron chi connectivity index (χ3n) is 7.14. The zero-order valence-corrected chi connectivity index (χ0v) is 22.1. The number of piperidine rings is 1. The quantitative estimate of drug-likeness (QED) is 0.266. The van der Waals surface area contributed by atoms with E-state index in [-0.39, 0.29) is 5.56 Å². The lowest BCUT2D eigenvalue weighted by Gasteiger charge is -2.32. The molecule has 0 bridgehead atoms. The largest absolute Gasteiger partial charge is 0.385 e. The molecule has 4 heterocycles. The molecule has 1 saturated heterocycles. The molecule has 0 atom stereocenters.